The molecule has 1 aromatic rings. The smallest absolute Gasteiger partial charge is 0.227 e. The molecular formula is C9H8ClNO2. The number of nitrogens with zero attached hydrogens (tertiary/aromatic N) is 1. The molecule has 0 atom stereocenters. The van der Waals surface area contributed by atoms with E-state index in [1.54, 1.807) is 19.9 Å². The number of hydrogen-bond donors (Lipinski definition) is 0. The molecule has 0 saturated carbocycles. The molecule has 4 heteroatoms. The fraction of sp³-hybridized carbons (Fsp3) is 0.333. The first-order valence-electron chi connectivity index (χ1n) is 3.90. The van der Waals surface area contributed by atoms with Crippen LogP contribution < -0.4 is 4.74 Å². The van der Waals surface area contributed by atoms with Crippen LogP contribution in [0.5, 0.6) is 5.75 Å². The highest BCUT2D eigenvalue weighted by Gasteiger charge is 2.40. The van der Waals surface area contributed by atoms with E-state index in [1.807, 2.05) is 0 Å². The average molecular weight is 198 g/mol. The highest BCUT2D eigenvalue weighted by atomic mass is 35.5. The molecule has 0 amide bonds. The van der Waals surface area contributed by atoms with Crippen molar-refractivity contribution in [3.63, 3.8) is 0 Å². The monoisotopic (exact) mass is 197 g/mol. The molecule has 1 aliphatic rings. The molecule has 13 heavy (non-hydrogen) atoms. The van der Waals surface area contributed by atoms with Crippen LogP contribution >= 0.6 is 11.6 Å². The predicted molar refractivity (Wildman–Crippen MR) is 48.3 cm³/mol. The molecule has 2 rings (SSSR count). The molecule has 0 unspecified atom stereocenters. The highest BCUT2D eigenvalue weighted by Crippen LogP contribution is 2.34. The van der Waals surface area contributed by atoms with Crippen LogP contribution in [0.1, 0.15) is 24.3 Å². The van der Waals surface area contributed by atoms with E-state index in [0.29, 0.717) is 16.5 Å². The summed E-state index contributed by atoms with van der Waals surface area (Å²) in [5, 5.41) is 0.476. The normalized spacial score (nSPS) is 18.2. The molecule has 68 valence electrons. The number of ketones is 1. The first-order valence-corrected chi connectivity index (χ1v) is 4.28. The second kappa shape index (κ2) is 2.45. The summed E-state index contributed by atoms with van der Waals surface area (Å²) < 4.78 is 5.39. The molecule has 0 aromatic carbocycles. The van der Waals surface area contributed by atoms with Crippen LogP contribution in [0.4, 0.5) is 0 Å². The lowest BCUT2D eigenvalue weighted by atomic mass is 10.0. The first kappa shape index (κ1) is 8.51. The van der Waals surface area contributed by atoms with Gasteiger partial charge < -0.3 is 4.74 Å². The largest absolute Gasteiger partial charge is 0.477 e. The number of carbonyl (C=O) groups is 1. The minimum absolute atomic E-state index is 0.0980. The minimum Gasteiger partial charge on any atom is -0.477 e. The van der Waals surface area contributed by atoms with E-state index in [-0.39, 0.29) is 5.78 Å². The SMILES string of the molecule is CC1(C)Oc2cc(Cl)cnc2C1=O. The number of aromatic nitrogens is 1. The molecule has 0 N–H and O–H groups in total. The van der Waals surface area contributed by atoms with Crippen molar-refractivity contribution in [2.45, 2.75) is 19.4 Å². The zero-order valence-corrected chi connectivity index (χ0v) is 8.05. The number of ether oxygens (including phenoxy) is 1. The number of rotatable bonds is 0. The summed E-state index contributed by atoms with van der Waals surface area (Å²) in [6, 6.07) is 1.61. The number of Topliss-reactive ketones (excluding diaryl/α,β-unsaturated/α-hetero) is 1. The van der Waals surface area contributed by atoms with Gasteiger partial charge in [-0.15, -0.1) is 0 Å². The molecule has 3 nitrogen and oxygen atoms in total. The summed E-state index contributed by atoms with van der Waals surface area (Å²) in [5.74, 6) is 0.377. The van der Waals surface area contributed by atoms with Gasteiger partial charge >= 0.3 is 0 Å². The van der Waals surface area contributed by atoms with Crippen molar-refractivity contribution in [2.24, 2.45) is 0 Å². The van der Waals surface area contributed by atoms with Crippen LogP contribution in [0, 0.1) is 0 Å². The van der Waals surface area contributed by atoms with Gasteiger partial charge in [0.15, 0.2) is 17.0 Å². The zero-order valence-electron chi connectivity index (χ0n) is 7.30. The predicted octanol–water partition coefficient (Wildman–Crippen LogP) is 2.09. The fourth-order valence-electron chi connectivity index (χ4n) is 1.28. The van der Waals surface area contributed by atoms with Crippen LogP contribution in [0.15, 0.2) is 12.3 Å². The Hall–Kier alpha value is -1.09. The van der Waals surface area contributed by atoms with Gasteiger partial charge in [-0.2, -0.15) is 0 Å². The summed E-state index contributed by atoms with van der Waals surface area (Å²) in [7, 11) is 0. The molecule has 0 spiro atoms. The van der Waals surface area contributed by atoms with Gasteiger partial charge in [0.25, 0.3) is 0 Å². The maximum atomic E-state index is 11.6. The number of pyridine rings is 1. The van der Waals surface area contributed by atoms with Crippen LogP contribution in [0.3, 0.4) is 0 Å². The lowest BCUT2D eigenvalue weighted by molar-refractivity contribution is 0.0682. The van der Waals surface area contributed by atoms with Crippen LogP contribution in [-0.2, 0) is 0 Å². The second-order valence-corrected chi connectivity index (χ2v) is 3.88. The maximum Gasteiger partial charge on any atom is 0.227 e. The second-order valence-electron chi connectivity index (χ2n) is 3.44. The third-order valence-electron chi connectivity index (χ3n) is 1.95. The third kappa shape index (κ3) is 1.20. The van der Waals surface area contributed by atoms with Gasteiger partial charge in [-0.05, 0) is 13.8 Å². The minimum atomic E-state index is -0.806. The molecule has 0 aliphatic carbocycles. The van der Waals surface area contributed by atoms with Gasteiger partial charge in [0, 0.05) is 12.3 Å². The molecule has 0 saturated heterocycles. The Morgan fingerprint density at radius 2 is 2.23 bits per heavy atom. The summed E-state index contributed by atoms with van der Waals surface area (Å²) in [6.07, 6.45) is 1.45. The molecular weight excluding hydrogens is 190 g/mol. The summed E-state index contributed by atoms with van der Waals surface area (Å²) >= 11 is 5.71. The van der Waals surface area contributed by atoms with E-state index < -0.39 is 5.60 Å². The van der Waals surface area contributed by atoms with Crippen molar-refractivity contribution < 1.29 is 9.53 Å². The van der Waals surface area contributed by atoms with Gasteiger partial charge in [0.2, 0.25) is 5.78 Å². The lowest BCUT2D eigenvalue weighted by Gasteiger charge is -2.14. The van der Waals surface area contributed by atoms with Crippen LogP contribution in [0.25, 0.3) is 0 Å². The van der Waals surface area contributed by atoms with E-state index in [4.69, 9.17) is 16.3 Å². The van der Waals surface area contributed by atoms with Crippen molar-refractivity contribution in [1.82, 2.24) is 4.98 Å². The van der Waals surface area contributed by atoms with Crippen molar-refractivity contribution in [3.8, 4) is 5.75 Å². The van der Waals surface area contributed by atoms with Gasteiger partial charge in [-0.25, -0.2) is 4.98 Å². The number of carbonyl (C=O) groups excluding carboxylic acids is 1. The van der Waals surface area contributed by atoms with Gasteiger partial charge in [-0.1, -0.05) is 11.6 Å². The van der Waals surface area contributed by atoms with Crippen molar-refractivity contribution >= 4 is 17.4 Å². The van der Waals surface area contributed by atoms with Crippen molar-refractivity contribution in [3.05, 3.63) is 23.0 Å². The summed E-state index contributed by atoms with van der Waals surface area (Å²) in [4.78, 5) is 15.5. The van der Waals surface area contributed by atoms with E-state index >= 15 is 0 Å². The molecule has 1 aromatic heterocycles. The lowest BCUT2D eigenvalue weighted by Crippen LogP contribution is -2.32. The Kier molecular flexibility index (Phi) is 1.60. The van der Waals surface area contributed by atoms with E-state index in [0.717, 1.165) is 0 Å². The fourth-order valence-corrected chi connectivity index (χ4v) is 1.42. The quantitative estimate of drug-likeness (QED) is 0.639. The molecule has 2 heterocycles. The van der Waals surface area contributed by atoms with Gasteiger partial charge in [-0.3, -0.25) is 4.79 Å². The number of fused-ring (bicyclic) bond motifs is 1. The van der Waals surface area contributed by atoms with E-state index in [9.17, 15) is 4.79 Å². The standard InChI is InChI=1S/C9H8ClNO2/c1-9(2)8(12)7-6(13-9)3-5(10)4-11-7/h3-4H,1-2H3. The molecule has 0 bridgehead atoms. The van der Waals surface area contributed by atoms with Crippen LogP contribution in [-0.4, -0.2) is 16.4 Å². The topological polar surface area (TPSA) is 39.2 Å². The maximum absolute atomic E-state index is 11.6. The first-order chi connectivity index (χ1) is 6.00. The molecule has 1 aliphatic heterocycles. The van der Waals surface area contributed by atoms with Gasteiger partial charge in [0.1, 0.15) is 0 Å². The highest BCUT2D eigenvalue weighted by molar-refractivity contribution is 6.30. The summed E-state index contributed by atoms with van der Waals surface area (Å²) in [5.41, 5.74) is -0.436. The Morgan fingerprint density at radius 3 is 2.92 bits per heavy atom. The molecule has 0 radical (unpaired) electrons. The van der Waals surface area contributed by atoms with E-state index in [2.05, 4.69) is 4.98 Å². The number of hydrogen-bond acceptors (Lipinski definition) is 3. The Bertz CT molecular complexity index is 387. The third-order valence-corrected chi connectivity index (χ3v) is 2.15. The summed E-state index contributed by atoms with van der Waals surface area (Å²) in [6.45, 7) is 3.43. The average Bonchev–Trinajstić information content (AvgIpc) is 2.22. The zero-order chi connectivity index (χ0) is 9.64. The molecule has 0 fully saturated rings. The Labute approximate surface area is 80.7 Å². The number of halogens is 1. The van der Waals surface area contributed by atoms with Crippen molar-refractivity contribution in [2.75, 3.05) is 0 Å². The van der Waals surface area contributed by atoms with Crippen LogP contribution in [0.2, 0.25) is 5.02 Å². The Morgan fingerprint density at radius 1 is 1.54 bits per heavy atom. The van der Waals surface area contributed by atoms with Gasteiger partial charge in [0.05, 0.1) is 5.02 Å². The van der Waals surface area contributed by atoms with E-state index in [1.165, 1.54) is 6.20 Å². The van der Waals surface area contributed by atoms with Crippen molar-refractivity contribution in [1.29, 1.82) is 0 Å². The Balaban J connectivity index is 2.57.